The predicted molar refractivity (Wildman–Crippen MR) is 204 cm³/mol. The predicted octanol–water partition coefficient (Wildman–Crippen LogP) is 12.3. The van der Waals surface area contributed by atoms with E-state index in [4.69, 9.17) is 0 Å². The van der Waals surface area contributed by atoms with Crippen molar-refractivity contribution < 1.29 is 0 Å². The van der Waals surface area contributed by atoms with Crippen LogP contribution in [0.3, 0.4) is 0 Å². The highest BCUT2D eigenvalue weighted by atomic mass is 15.0. The fourth-order valence-electron chi connectivity index (χ4n) is 8.73. The van der Waals surface area contributed by atoms with Crippen LogP contribution in [-0.4, -0.2) is 9.13 Å². The summed E-state index contributed by atoms with van der Waals surface area (Å²) in [6.07, 6.45) is 6.84. The maximum absolute atomic E-state index is 2.53. The van der Waals surface area contributed by atoms with Crippen molar-refractivity contribution in [2.45, 2.75) is 12.8 Å². The third-order valence-corrected chi connectivity index (χ3v) is 10.7. The van der Waals surface area contributed by atoms with Gasteiger partial charge < -0.3 is 9.13 Å². The van der Waals surface area contributed by atoms with E-state index in [-0.39, 0.29) is 0 Å². The fourth-order valence-corrected chi connectivity index (χ4v) is 8.73. The maximum atomic E-state index is 2.53. The summed E-state index contributed by atoms with van der Waals surface area (Å²) < 4.78 is 5.00. The molecule has 1 aliphatic carbocycles. The van der Waals surface area contributed by atoms with Crippen LogP contribution in [0.25, 0.3) is 93.6 Å². The number of hydrogen-bond donors (Lipinski definition) is 0. The number of aryl methyl sites for hydroxylation is 1. The number of nitrogens with zero attached hydrogens (tertiary/aromatic N) is 2. The Balaban J connectivity index is 1.32. The first-order chi connectivity index (χ1) is 23.8. The lowest BCUT2D eigenvalue weighted by atomic mass is 9.88. The van der Waals surface area contributed by atoms with Gasteiger partial charge in [0.15, 0.2) is 0 Å². The van der Waals surface area contributed by atoms with Gasteiger partial charge in [0.05, 0.1) is 27.9 Å². The molecule has 2 aromatic heterocycles. The summed E-state index contributed by atoms with van der Waals surface area (Å²) >= 11 is 0. The van der Waals surface area contributed by atoms with Crippen LogP contribution in [-0.2, 0) is 6.42 Å². The van der Waals surface area contributed by atoms with E-state index >= 15 is 0 Å². The molecule has 0 atom stereocenters. The highest BCUT2D eigenvalue weighted by Gasteiger charge is 2.23. The van der Waals surface area contributed by atoms with Crippen LogP contribution in [0.2, 0.25) is 0 Å². The molecule has 2 heteroatoms. The van der Waals surface area contributed by atoms with Crippen LogP contribution >= 0.6 is 0 Å². The van der Waals surface area contributed by atoms with Crippen molar-refractivity contribution in [3.8, 4) is 22.5 Å². The molecular weight excluding hydrogens is 581 g/mol. The van der Waals surface area contributed by atoms with Gasteiger partial charge in [-0.1, -0.05) is 121 Å². The normalized spacial score (nSPS) is 13.2. The molecule has 0 spiro atoms. The Morgan fingerprint density at radius 2 is 1.04 bits per heavy atom. The first-order valence-corrected chi connectivity index (χ1v) is 16.9. The molecule has 0 aliphatic heterocycles. The molecule has 2 nitrogen and oxygen atoms in total. The van der Waals surface area contributed by atoms with E-state index < -0.39 is 0 Å². The van der Waals surface area contributed by atoms with Crippen LogP contribution < -0.4 is 0 Å². The van der Waals surface area contributed by atoms with E-state index in [1.165, 1.54) is 98.8 Å². The molecule has 10 aromatic rings. The Hall–Kier alpha value is -6.12. The zero-order valence-electron chi connectivity index (χ0n) is 26.3. The summed E-state index contributed by atoms with van der Waals surface area (Å²) in [5.41, 5.74) is 11.5. The fraction of sp³-hybridized carbons (Fsp3) is 0.0435. The third kappa shape index (κ3) is 3.41. The number of allylic oxidation sites excluding steroid dienone is 1. The summed E-state index contributed by atoms with van der Waals surface area (Å²) in [4.78, 5) is 0. The number of benzene rings is 8. The topological polar surface area (TPSA) is 9.86 Å². The van der Waals surface area contributed by atoms with Crippen LogP contribution in [0.5, 0.6) is 0 Å². The lowest BCUT2D eigenvalue weighted by molar-refractivity contribution is 0.970. The number of para-hydroxylation sites is 3. The van der Waals surface area contributed by atoms with Crippen molar-refractivity contribution in [1.82, 2.24) is 9.13 Å². The highest BCUT2D eigenvalue weighted by molar-refractivity contribution is 6.29. The Bertz CT molecular complexity index is 2880. The number of hydrogen-bond acceptors (Lipinski definition) is 0. The van der Waals surface area contributed by atoms with E-state index in [0.717, 1.165) is 12.8 Å². The van der Waals surface area contributed by atoms with Gasteiger partial charge >= 0.3 is 0 Å². The Labute approximate surface area is 277 Å². The van der Waals surface area contributed by atoms with E-state index in [1.54, 1.807) is 0 Å². The molecule has 224 valence electrons. The lowest BCUT2D eigenvalue weighted by Gasteiger charge is -2.21. The zero-order valence-corrected chi connectivity index (χ0v) is 26.3. The molecule has 1 aliphatic rings. The molecule has 0 radical (unpaired) electrons. The molecule has 11 rings (SSSR count). The smallest absolute Gasteiger partial charge is 0.0547 e. The summed E-state index contributed by atoms with van der Waals surface area (Å²) in [6, 6.07) is 54.0. The summed E-state index contributed by atoms with van der Waals surface area (Å²) in [6.45, 7) is 0. The monoisotopic (exact) mass is 610 g/mol. The molecule has 0 fully saturated rings. The van der Waals surface area contributed by atoms with Gasteiger partial charge in [0.1, 0.15) is 0 Å². The Morgan fingerprint density at radius 1 is 0.438 bits per heavy atom. The van der Waals surface area contributed by atoms with Gasteiger partial charge in [-0.15, -0.1) is 0 Å². The summed E-state index contributed by atoms with van der Waals surface area (Å²) in [7, 11) is 0. The molecule has 0 saturated carbocycles. The van der Waals surface area contributed by atoms with Crippen LogP contribution in [0.4, 0.5) is 0 Å². The minimum absolute atomic E-state index is 1.07. The maximum Gasteiger partial charge on any atom is 0.0547 e. The Kier molecular flexibility index (Phi) is 5.25. The second kappa shape index (κ2) is 9.70. The lowest BCUT2D eigenvalue weighted by Crippen LogP contribution is -2.03. The van der Waals surface area contributed by atoms with Crippen molar-refractivity contribution in [1.29, 1.82) is 0 Å². The molecule has 0 unspecified atom stereocenters. The standard InChI is InChI=1S/C46H30N2/c1-2-12-29(13-3-1)38-28-44(48-41-20-10-6-16-33(41)34-17-7-11-21-42(34)48)37-24-22-30-23-27-43(36-26-25-35(38)46(37)45(30)36)47-39-18-8-4-14-31(39)32-15-5-9-19-40(32)47/h1-6,8-16,18-28H,7,17H2. The summed E-state index contributed by atoms with van der Waals surface area (Å²) in [5, 5.41) is 11.7. The third-order valence-electron chi connectivity index (χ3n) is 10.7. The summed E-state index contributed by atoms with van der Waals surface area (Å²) in [5.74, 6) is 0. The zero-order chi connectivity index (χ0) is 31.3. The molecule has 0 bridgehead atoms. The minimum atomic E-state index is 1.07. The molecule has 2 heterocycles. The molecule has 0 saturated heterocycles. The largest absolute Gasteiger partial charge is 0.309 e. The van der Waals surface area contributed by atoms with Crippen molar-refractivity contribution >= 4 is 71.1 Å². The number of fused-ring (bicyclic) bond motifs is 6. The second-order valence-corrected chi connectivity index (χ2v) is 13.2. The van der Waals surface area contributed by atoms with Gasteiger partial charge in [0.2, 0.25) is 0 Å². The van der Waals surface area contributed by atoms with E-state index in [0.29, 0.717) is 0 Å². The van der Waals surface area contributed by atoms with Gasteiger partial charge in [-0.3, -0.25) is 0 Å². The van der Waals surface area contributed by atoms with Gasteiger partial charge in [-0.2, -0.15) is 0 Å². The Morgan fingerprint density at radius 3 is 1.81 bits per heavy atom. The molecule has 48 heavy (non-hydrogen) atoms. The molecule has 0 N–H and O–H groups in total. The first-order valence-electron chi connectivity index (χ1n) is 16.9. The van der Waals surface area contributed by atoms with Gasteiger partial charge in [-0.05, 0) is 82.1 Å². The van der Waals surface area contributed by atoms with Crippen LogP contribution in [0.1, 0.15) is 17.7 Å². The van der Waals surface area contributed by atoms with Crippen molar-refractivity contribution in [2.75, 3.05) is 0 Å². The number of rotatable bonds is 3. The van der Waals surface area contributed by atoms with Gasteiger partial charge in [0, 0.05) is 38.0 Å². The average molecular weight is 611 g/mol. The van der Waals surface area contributed by atoms with E-state index in [2.05, 4.69) is 167 Å². The highest BCUT2D eigenvalue weighted by Crippen LogP contribution is 2.46. The quantitative estimate of drug-likeness (QED) is 0.176. The van der Waals surface area contributed by atoms with E-state index in [9.17, 15) is 0 Å². The van der Waals surface area contributed by atoms with E-state index in [1.807, 2.05) is 0 Å². The van der Waals surface area contributed by atoms with Crippen molar-refractivity contribution in [3.63, 3.8) is 0 Å². The average Bonchev–Trinajstić information content (AvgIpc) is 3.67. The number of aromatic nitrogens is 2. The van der Waals surface area contributed by atoms with Gasteiger partial charge in [0.25, 0.3) is 0 Å². The van der Waals surface area contributed by atoms with Crippen LogP contribution in [0.15, 0.2) is 152 Å². The SMILES string of the molecule is C1=Cc2c(c3ccccc3n2-c2cc(-c3ccccc3)c3ccc4c(-n5c6ccccc6c6ccccc65)ccc5ccc2c3c54)CC1. The van der Waals surface area contributed by atoms with Gasteiger partial charge in [-0.25, -0.2) is 0 Å². The second-order valence-electron chi connectivity index (χ2n) is 13.2. The molecule has 0 amide bonds. The first kappa shape index (κ1) is 26.0. The van der Waals surface area contributed by atoms with Crippen molar-refractivity contribution in [3.05, 3.63) is 163 Å². The molecular formula is C46H30N2. The molecule has 8 aromatic carbocycles. The minimum Gasteiger partial charge on any atom is -0.309 e. The van der Waals surface area contributed by atoms with Crippen LogP contribution in [0, 0.1) is 0 Å². The van der Waals surface area contributed by atoms with Crippen molar-refractivity contribution in [2.24, 2.45) is 0 Å².